The maximum Gasteiger partial charge on any atom is 0.251 e. The molecule has 28 heavy (non-hydrogen) atoms. The summed E-state index contributed by atoms with van der Waals surface area (Å²) in [6.07, 6.45) is 2.46. The summed E-state index contributed by atoms with van der Waals surface area (Å²) in [6, 6.07) is 16.3. The highest BCUT2D eigenvalue weighted by molar-refractivity contribution is 5.94. The van der Waals surface area contributed by atoms with Crippen molar-refractivity contribution in [2.45, 2.75) is 39.7 Å². The Morgan fingerprint density at radius 2 is 1.68 bits per heavy atom. The first-order valence-corrected chi connectivity index (χ1v) is 10.3. The predicted molar refractivity (Wildman–Crippen MR) is 114 cm³/mol. The molecule has 2 aromatic carbocycles. The Morgan fingerprint density at radius 3 is 2.29 bits per heavy atom. The summed E-state index contributed by atoms with van der Waals surface area (Å²) < 4.78 is 5.70. The second-order valence-electron chi connectivity index (χ2n) is 8.11. The van der Waals surface area contributed by atoms with Gasteiger partial charge in [-0.05, 0) is 68.6 Å². The first kappa shape index (κ1) is 20.4. The number of benzene rings is 2. The van der Waals surface area contributed by atoms with Gasteiger partial charge in [0, 0.05) is 12.1 Å². The normalized spacial score (nSPS) is 15.6. The highest BCUT2D eigenvalue weighted by Gasteiger charge is 2.24. The lowest BCUT2D eigenvalue weighted by Crippen LogP contribution is -2.36. The van der Waals surface area contributed by atoms with E-state index in [9.17, 15) is 4.79 Å². The summed E-state index contributed by atoms with van der Waals surface area (Å²) in [7, 11) is 0. The van der Waals surface area contributed by atoms with Gasteiger partial charge >= 0.3 is 0 Å². The quantitative estimate of drug-likeness (QED) is 0.728. The van der Waals surface area contributed by atoms with Gasteiger partial charge in [-0.25, -0.2) is 0 Å². The second kappa shape index (κ2) is 9.74. The van der Waals surface area contributed by atoms with E-state index in [1.54, 1.807) is 0 Å². The number of nitrogens with zero attached hydrogens (tertiary/aromatic N) is 1. The number of likely N-dealkylation sites (tertiary alicyclic amines) is 1. The summed E-state index contributed by atoms with van der Waals surface area (Å²) >= 11 is 0. The molecule has 1 fully saturated rings. The van der Waals surface area contributed by atoms with Crippen LogP contribution in [0.4, 0.5) is 0 Å². The molecular formula is C24H32N2O2. The number of carbonyl (C=O) groups is 1. The molecule has 1 aliphatic heterocycles. The van der Waals surface area contributed by atoms with E-state index in [1.165, 1.54) is 24.0 Å². The minimum atomic E-state index is -0.0354. The molecule has 1 atom stereocenters. The van der Waals surface area contributed by atoms with E-state index in [0.29, 0.717) is 24.6 Å². The maximum absolute atomic E-state index is 12.7. The van der Waals surface area contributed by atoms with Crippen molar-refractivity contribution in [1.82, 2.24) is 10.2 Å². The molecule has 0 aromatic heterocycles. The smallest absolute Gasteiger partial charge is 0.251 e. The molecule has 4 heteroatoms. The number of rotatable bonds is 8. The third-order valence-corrected chi connectivity index (χ3v) is 5.20. The first-order valence-electron chi connectivity index (χ1n) is 10.3. The number of hydrogen-bond acceptors (Lipinski definition) is 3. The van der Waals surface area contributed by atoms with Crippen molar-refractivity contribution in [3.05, 3.63) is 65.2 Å². The van der Waals surface area contributed by atoms with Crippen LogP contribution in [0.15, 0.2) is 48.5 Å². The fraction of sp³-hybridized carbons (Fsp3) is 0.458. The number of carbonyl (C=O) groups excluding carboxylic acids is 1. The van der Waals surface area contributed by atoms with Crippen molar-refractivity contribution in [1.29, 1.82) is 0 Å². The molecule has 1 amide bonds. The summed E-state index contributed by atoms with van der Waals surface area (Å²) in [4.78, 5) is 15.1. The van der Waals surface area contributed by atoms with Crippen LogP contribution in [0.1, 0.15) is 54.2 Å². The Morgan fingerprint density at radius 1 is 1.04 bits per heavy atom. The van der Waals surface area contributed by atoms with Crippen molar-refractivity contribution >= 4 is 5.91 Å². The van der Waals surface area contributed by atoms with Crippen LogP contribution in [0.3, 0.4) is 0 Å². The van der Waals surface area contributed by atoms with Crippen LogP contribution in [-0.4, -0.2) is 37.0 Å². The Balaban J connectivity index is 1.62. The van der Waals surface area contributed by atoms with Gasteiger partial charge in [0.2, 0.25) is 0 Å². The van der Waals surface area contributed by atoms with Gasteiger partial charge in [0.15, 0.2) is 0 Å². The highest BCUT2D eigenvalue weighted by Crippen LogP contribution is 2.25. The molecule has 150 valence electrons. The van der Waals surface area contributed by atoms with Gasteiger partial charge < -0.3 is 10.1 Å². The largest absolute Gasteiger partial charge is 0.493 e. The van der Waals surface area contributed by atoms with Crippen LogP contribution in [0.5, 0.6) is 5.75 Å². The van der Waals surface area contributed by atoms with E-state index >= 15 is 0 Å². The first-order chi connectivity index (χ1) is 13.5. The summed E-state index contributed by atoms with van der Waals surface area (Å²) in [6.45, 7) is 9.82. The van der Waals surface area contributed by atoms with Gasteiger partial charge in [-0.3, -0.25) is 9.69 Å². The van der Waals surface area contributed by atoms with Crippen molar-refractivity contribution in [3.8, 4) is 5.75 Å². The number of amides is 1. The molecule has 0 saturated carbocycles. The number of nitrogens with one attached hydrogen (secondary N) is 1. The van der Waals surface area contributed by atoms with Gasteiger partial charge in [-0.1, -0.05) is 43.7 Å². The topological polar surface area (TPSA) is 41.6 Å². The Hall–Kier alpha value is -2.33. The molecule has 1 saturated heterocycles. The van der Waals surface area contributed by atoms with Crippen LogP contribution >= 0.6 is 0 Å². The third kappa shape index (κ3) is 5.59. The summed E-state index contributed by atoms with van der Waals surface area (Å²) in [5.74, 6) is 1.25. The third-order valence-electron chi connectivity index (χ3n) is 5.20. The van der Waals surface area contributed by atoms with Gasteiger partial charge in [0.25, 0.3) is 5.91 Å². The predicted octanol–water partition coefficient (Wildman–Crippen LogP) is 4.60. The molecule has 0 spiro atoms. The minimum Gasteiger partial charge on any atom is -0.493 e. The molecule has 1 heterocycles. The zero-order valence-corrected chi connectivity index (χ0v) is 17.3. The molecule has 4 nitrogen and oxygen atoms in total. The number of ether oxygens (including phenoxy) is 1. The Kier molecular flexibility index (Phi) is 7.10. The molecule has 1 aliphatic rings. The molecule has 0 aliphatic carbocycles. The molecule has 0 bridgehead atoms. The second-order valence-corrected chi connectivity index (χ2v) is 8.11. The zero-order valence-electron chi connectivity index (χ0n) is 17.3. The molecule has 1 N–H and O–H groups in total. The van der Waals surface area contributed by atoms with Gasteiger partial charge in [0.1, 0.15) is 5.75 Å². The summed E-state index contributed by atoms with van der Waals surface area (Å²) in [5.41, 5.74) is 3.19. The van der Waals surface area contributed by atoms with E-state index in [-0.39, 0.29) is 11.9 Å². The standard InChI is InChI=1S/C24H32N2O2/c1-18(2)17-28-22-12-10-21(11-13-22)24(27)25-16-23(26-14-4-5-15-26)20-8-6-19(3)7-9-20/h6-13,18,23H,4-5,14-17H2,1-3H3,(H,25,27)/t23-/m0/s1. The average molecular weight is 381 g/mol. The van der Waals surface area contributed by atoms with Crippen molar-refractivity contribution in [3.63, 3.8) is 0 Å². The minimum absolute atomic E-state index is 0.0354. The van der Waals surface area contributed by atoms with E-state index in [1.807, 2.05) is 24.3 Å². The fourth-order valence-corrected chi connectivity index (χ4v) is 3.56. The van der Waals surface area contributed by atoms with Crippen molar-refractivity contribution < 1.29 is 9.53 Å². The van der Waals surface area contributed by atoms with Crippen LogP contribution in [0, 0.1) is 12.8 Å². The van der Waals surface area contributed by atoms with Gasteiger partial charge in [-0.2, -0.15) is 0 Å². The van der Waals surface area contributed by atoms with Gasteiger partial charge in [-0.15, -0.1) is 0 Å². The monoisotopic (exact) mass is 380 g/mol. The van der Waals surface area contributed by atoms with Crippen molar-refractivity contribution in [2.75, 3.05) is 26.2 Å². The molecule has 0 radical (unpaired) electrons. The van der Waals surface area contributed by atoms with Gasteiger partial charge in [0.05, 0.1) is 12.6 Å². The van der Waals surface area contributed by atoms with E-state index in [4.69, 9.17) is 4.74 Å². The van der Waals surface area contributed by atoms with Crippen LogP contribution in [-0.2, 0) is 0 Å². The molecular weight excluding hydrogens is 348 g/mol. The van der Waals surface area contributed by atoms with Crippen LogP contribution < -0.4 is 10.1 Å². The Bertz CT molecular complexity index is 747. The average Bonchev–Trinajstić information content (AvgIpc) is 3.22. The molecule has 2 aromatic rings. The SMILES string of the molecule is Cc1ccc([C@H](CNC(=O)c2ccc(OCC(C)C)cc2)N2CCCC2)cc1. The number of aryl methyl sites for hydroxylation is 1. The molecule has 3 rings (SSSR count). The number of hydrogen-bond donors (Lipinski definition) is 1. The Labute approximate surface area is 168 Å². The molecule has 0 unspecified atom stereocenters. The lowest BCUT2D eigenvalue weighted by Gasteiger charge is -2.28. The lowest BCUT2D eigenvalue weighted by atomic mass is 10.0. The van der Waals surface area contributed by atoms with E-state index < -0.39 is 0 Å². The van der Waals surface area contributed by atoms with Crippen molar-refractivity contribution in [2.24, 2.45) is 5.92 Å². The van der Waals surface area contributed by atoms with Crippen LogP contribution in [0.25, 0.3) is 0 Å². The van der Waals surface area contributed by atoms with E-state index in [2.05, 4.69) is 55.3 Å². The highest BCUT2D eigenvalue weighted by atomic mass is 16.5. The fourth-order valence-electron chi connectivity index (χ4n) is 3.56. The van der Waals surface area contributed by atoms with Crippen LogP contribution in [0.2, 0.25) is 0 Å². The van der Waals surface area contributed by atoms with E-state index in [0.717, 1.165) is 18.8 Å². The lowest BCUT2D eigenvalue weighted by molar-refractivity contribution is 0.0938. The summed E-state index contributed by atoms with van der Waals surface area (Å²) in [5, 5.41) is 3.14. The maximum atomic E-state index is 12.7. The zero-order chi connectivity index (χ0) is 19.9.